The van der Waals surface area contributed by atoms with Gasteiger partial charge in [0.05, 0.1) is 0 Å². The van der Waals surface area contributed by atoms with E-state index in [1.54, 1.807) is 36.4 Å². The summed E-state index contributed by atoms with van der Waals surface area (Å²) in [6.07, 6.45) is 0.251. The van der Waals surface area contributed by atoms with Crippen molar-refractivity contribution in [3.05, 3.63) is 58.6 Å². The van der Waals surface area contributed by atoms with Gasteiger partial charge >= 0.3 is 0 Å². The maximum absolute atomic E-state index is 12.2. The van der Waals surface area contributed by atoms with Gasteiger partial charge in [-0.15, -0.1) is 0 Å². The number of carbonyl (C=O) groups is 2. The van der Waals surface area contributed by atoms with Crippen LogP contribution < -0.4 is 16.4 Å². The molecule has 2 amide bonds. The summed E-state index contributed by atoms with van der Waals surface area (Å²) in [4.78, 5) is 23.8. The average molecular weight is 332 g/mol. The van der Waals surface area contributed by atoms with Crippen LogP contribution in [0.25, 0.3) is 0 Å². The summed E-state index contributed by atoms with van der Waals surface area (Å²) in [6.45, 7) is 2.17. The van der Waals surface area contributed by atoms with Gasteiger partial charge in [0.15, 0.2) is 0 Å². The van der Waals surface area contributed by atoms with E-state index >= 15 is 0 Å². The van der Waals surface area contributed by atoms with Crippen molar-refractivity contribution in [3.63, 3.8) is 0 Å². The molecule has 2 aromatic carbocycles. The second-order valence-electron chi connectivity index (χ2n) is 5.08. The van der Waals surface area contributed by atoms with Crippen molar-refractivity contribution in [1.29, 1.82) is 0 Å². The molecule has 0 fully saturated rings. The number of hydrogen-bond donors (Lipinski definition) is 3. The van der Waals surface area contributed by atoms with Gasteiger partial charge in [0.2, 0.25) is 5.91 Å². The minimum atomic E-state index is -0.246. The highest BCUT2D eigenvalue weighted by atomic mass is 35.5. The van der Waals surface area contributed by atoms with Gasteiger partial charge in [0.25, 0.3) is 5.91 Å². The molecule has 0 saturated carbocycles. The number of benzene rings is 2. The van der Waals surface area contributed by atoms with E-state index in [2.05, 4.69) is 10.6 Å². The van der Waals surface area contributed by atoms with Crippen LogP contribution in [-0.4, -0.2) is 18.4 Å². The molecule has 0 aliphatic rings. The second kappa shape index (κ2) is 7.76. The smallest absolute Gasteiger partial charge is 0.255 e. The predicted octanol–water partition coefficient (Wildman–Crippen LogP) is 3.19. The molecule has 0 radical (unpaired) electrons. The van der Waals surface area contributed by atoms with Gasteiger partial charge < -0.3 is 16.4 Å². The van der Waals surface area contributed by atoms with Gasteiger partial charge in [-0.3, -0.25) is 9.59 Å². The third-order valence-corrected chi connectivity index (χ3v) is 3.50. The molecule has 0 saturated heterocycles. The second-order valence-corrected chi connectivity index (χ2v) is 5.51. The molecule has 23 heavy (non-hydrogen) atoms. The summed E-state index contributed by atoms with van der Waals surface area (Å²) < 4.78 is 0. The van der Waals surface area contributed by atoms with Crippen molar-refractivity contribution in [3.8, 4) is 0 Å². The molecule has 2 aromatic rings. The molecule has 2 rings (SSSR count). The standard InChI is InChI=1S/C17H18ClN3O2/c1-11-2-7-14(10-15(11)21-16(22)8-9-19)20-17(23)12-3-5-13(18)6-4-12/h2-7,10H,8-9,19H2,1H3,(H,20,23)(H,21,22). The summed E-state index contributed by atoms with van der Waals surface area (Å²) in [5.74, 6) is -0.401. The topological polar surface area (TPSA) is 84.2 Å². The van der Waals surface area contributed by atoms with Crippen LogP contribution in [-0.2, 0) is 4.79 Å². The molecule has 0 unspecified atom stereocenters. The Morgan fingerprint density at radius 1 is 1.09 bits per heavy atom. The van der Waals surface area contributed by atoms with E-state index < -0.39 is 0 Å². The number of nitrogens with one attached hydrogen (secondary N) is 2. The zero-order chi connectivity index (χ0) is 16.8. The van der Waals surface area contributed by atoms with E-state index in [4.69, 9.17) is 17.3 Å². The molecule has 6 heteroatoms. The summed E-state index contributed by atoms with van der Waals surface area (Å²) in [5, 5.41) is 6.15. The number of anilines is 2. The van der Waals surface area contributed by atoms with E-state index in [1.165, 1.54) is 0 Å². The first-order valence-corrected chi connectivity index (χ1v) is 7.55. The summed E-state index contributed by atoms with van der Waals surface area (Å²) in [5.41, 5.74) is 8.02. The number of aryl methyl sites for hydroxylation is 1. The van der Waals surface area contributed by atoms with Gasteiger partial charge in [0.1, 0.15) is 0 Å². The van der Waals surface area contributed by atoms with Crippen molar-refractivity contribution >= 4 is 34.8 Å². The van der Waals surface area contributed by atoms with E-state index in [9.17, 15) is 9.59 Å². The monoisotopic (exact) mass is 331 g/mol. The minimum Gasteiger partial charge on any atom is -0.330 e. The molecule has 0 heterocycles. The van der Waals surface area contributed by atoms with Gasteiger partial charge in [-0.2, -0.15) is 0 Å². The van der Waals surface area contributed by atoms with Crippen LogP contribution in [0, 0.1) is 6.92 Å². The van der Waals surface area contributed by atoms with Crippen molar-refractivity contribution in [2.75, 3.05) is 17.2 Å². The zero-order valence-electron chi connectivity index (χ0n) is 12.7. The number of amides is 2. The van der Waals surface area contributed by atoms with Crippen LogP contribution in [0.5, 0.6) is 0 Å². The van der Waals surface area contributed by atoms with Crippen LogP contribution in [0.3, 0.4) is 0 Å². The molecule has 0 atom stereocenters. The lowest BCUT2D eigenvalue weighted by molar-refractivity contribution is -0.116. The van der Waals surface area contributed by atoms with Gasteiger partial charge in [-0.25, -0.2) is 0 Å². The first-order valence-electron chi connectivity index (χ1n) is 7.17. The van der Waals surface area contributed by atoms with E-state index in [-0.39, 0.29) is 24.8 Å². The molecular weight excluding hydrogens is 314 g/mol. The van der Waals surface area contributed by atoms with Crippen LogP contribution >= 0.6 is 11.6 Å². The van der Waals surface area contributed by atoms with Crippen LogP contribution in [0.1, 0.15) is 22.3 Å². The van der Waals surface area contributed by atoms with Gasteiger partial charge in [-0.1, -0.05) is 17.7 Å². The number of halogens is 1. The fraction of sp³-hybridized carbons (Fsp3) is 0.176. The van der Waals surface area contributed by atoms with Crippen molar-refractivity contribution in [1.82, 2.24) is 0 Å². The Hall–Kier alpha value is -2.37. The van der Waals surface area contributed by atoms with Gasteiger partial charge in [-0.05, 0) is 48.9 Å². The van der Waals surface area contributed by atoms with E-state index in [1.807, 2.05) is 13.0 Å². The molecule has 0 bridgehead atoms. The molecule has 0 aromatic heterocycles. The van der Waals surface area contributed by atoms with Crippen LogP contribution in [0.15, 0.2) is 42.5 Å². The van der Waals surface area contributed by atoms with E-state index in [0.717, 1.165) is 5.56 Å². The summed E-state index contributed by atoms with van der Waals surface area (Å²) >= 11 is 5.81. The molecule has 0 spiro atoms. The lowest BCUT2D eigenvalue weighted by atomic mass is 10.1. The molecule has 4 N–H and O–H groups in total. The number of nitrogens with two attached hydrogens (primary N) is 1. The third-order valence-electron chi connectivity index (χ3n) is 3.25. The Labute approximate surface area is 139 Å². The lowest BCUT2D eigenvalue weighted by Crippen LogP contribution is -2.17. The highest BCUT2D eigenvalue weighted by molar-refractivity contribution is 6.30. The van der Waals surface area contributed by atoms with Gasteiger partial charge in [0, 0.05) is 34.9 Å². The molecule has 0 aliphatic heterocycles. The Morgan fingerprint density at radius 3 is 2.43 bits per heavy atom. The normalized spacial score (nSPS) is 10.2. The molecule has 5 nitrogen and oxygen atoms in total. The highest BCUT2D eigenvalue weighted by Crippen LogP contribution is 2.21. The van der Waals surface area contributed by atoms with Crippen LogP contribution in [0.2, 0.25) is 5.02 Å². The Kier molecular flexibility index (Phi) is 5.73. The Bertz CT molecular complexity index is 714. The maximum atomic E-state index is 12.2. The van der Waals surface area contributed by atoms with Crippen LogP contribution in [0.4, 0.5) is 11.4 Å². The third kappa shape index (κ3) is 4.81. The number of hydrogen-bond acceptors (Lipinski definition) is 3. The highest BCUT2D eigenvalue weighted by Gasteiger charge is 2.09. The Balaban J connectivity index is 2.12. The summed E-state index contributed by atoms with van der Waals surface area (Å²) in [7, 11) is 0. The molecule has 120 valence electrons. The van der Waals surface area contributed by atoms with Crippen molar-refractivity contribution in [2.45, 2.75) is 13.3 Å². The number of rotatable bonds is 5. The lowest BCUT2D eigenvalue weighted by Gasteiger charge is -2.11. The van der Waals surface area contributed by atoms with Crippen molar-refractivity contribution in [2.24, 2.45) is 5.73 Å². The molecular formula is C17H18ClN3O2. The zero-order valence-corrected chi connectivity index (χ0v) is 13.5. The number of carbonyl (C=O) groups excluding carboxylic acids is 2. The SMILES string of the molecule is Cc1ccc(NC(=O)c2ccc(Cl)cc2)cc1NC(=O)CCN. The molecule has 0 aliphatic carbocycles. The summed E-state index contributed by atoms with van der Waals surface area (Å²) in [6, 6.07) is 11.9. The first-order chi connectivity index (χ1) is 11.0. The fourth-order valence-electron chi connectivity index (χ4n) is 1.98. The predicted molar refractivity (Wildman–Crippen MR) is 92.9 cm³/mol. The quantitative estimate of drug-likeness (QED) is 0.786. The fourth-order valence-corrected chi connectivity index (χ4v) is 2.11. The average Bonchev–Trinajstić information content (AvgIpc) is 2.51. The maximum Gasteiger partial charge on any atom is 0.255 e. The first kappa shape index (κ1) is 17.0. The van der Waals surface area contributed by atoms with E-state index in [0.29, 0.717) is 22.0 Å². The largest absolute Gasteiger partial charge is 0.330 e. The minimum absolute atomic E-state index is 0.156. The Morgan fingerprint density at radius 2 is 1.78 bits per heavy atom. The van der Waals surface area contributed by atoms with Crippen molar-refractivity contribution < 1.29 is 9.59 Å².